The number of rotatable bonds is 2. The molecular weight excluding hydrogens is 328 g/mol. The topological polar surface area (TPSA) is 33.2 Å². The number of likely N-dealkylation sites (tertiary alicyclic amines) is 1. The zero-order valence-electron chi connectivity index (χ0n) is 11.9. The van der Waals surface area contributed by atoms with Crippen LogP contribution in [-0.4, -0.2) is 22.3 Å². The smallest absolute Gasteiger partial charge is 0.273 e. The fourth-order valence-corrected chi connectivity index (χ4v) is 3.31. The van der Waals surface area contributed by atoms with E-state index in [-0.39, 0.29) is 11.9 Å². The number of aromatic nitrogens is 1. The number of aryl methyl sites for hydroxylation is 1. The van der Waals surface area contributed by atoms with Crippen LogP contribution in [0.5, 0.6) is 0 Å². The quantitative estimate of drug-likeness (QED) is 0.767. The van der Waals surface area contributed by atoms with E-state index in [0.29, 0.717) is 10.3 Å². The Hall–Kier alpha value is -1.68. The highest BCUT2D eigenvalue weighted by Crippen LogP contribution is 2.34. The number of hydrogen-bond donors (Lipinski definition) is 0. The van der Waals surface area contributed by atoms with Crippen molar-refractivity contribution in [3.8, 4) is 0 Å². The lowest BCUT2D eigenvalue weighted by Crippen LogP contribution is -2.31. The summed E-state index contributed by atoms with van der Waals surface area (Å²) in [6, 6.07) is 13.9. The minimum Gasteiger partial charge on any atom is -0.330 e. The van der Waals surface area contributed by atoms with Crippen molar-refractivity contribution in [2.24, 2.45) is 0 Å². The molecule has 1 unspecified atom stereocenters. The molecule has 2 heterocycles. The Morgan fingerprint density at radius 3 is 2.81 bits per heavy atom. The maximum atomic E-state index is 12.7. The molecule has 1 aromatic carbocycles. The van der Waals surface area contributed by atoms with Gasteiger partial charge in [0, 0.05) is 6.54 Å². The van der Waals surface area contributed by atoms with Crippen LogP contribution in [0.3, 0.4) is 0 Å². The fraction of sp³-hybridized carbons (Fsp3) is 0.294. The van der Waals surface area contributed by atoms with Crippen LogP contribution >= 0.6 is 15.9 Å². The van der Waals surface area contributed by atoms with Crippen molar-refractivity contribution >= 4 is 21.8 Å². The van der Waals surface area contributed by atoms with Gasteiger partial charge in [0.15, 0.2) is 0 Å². The molecule has 21 heavy (non-hydrogen) atoms. The summed E-state index contributed by atoms with van der Waals surface area (Å²) in [5, 5.41) is 0. The van der Waals surface area contributed by atoms with Crippen molar-refractivity contribution in [1.82, 2.24) is 9.88 Å². The molecule has 1 aliphatic heterocycles. The van der Waals surface area contributed by atoms with Crippen LogP contribution in [0.1, 0.15) is 40.5 Å². The first-order chi connectivity index (χ1) is 10.2. The van der Waals surface area contributed by atoms with Crippen molar-refractivity contribution < 1.29 is 4.79 Å². The Bertz CT molecular complexity index is 671. The second-order valence-electron chi connectivity index (χ2n) is 5.36. The minimum absolute atomic E-state index is 0.0158. The largest absolute Gasteiger partial charge is 0.330 e. The lowest BCUT2D eigenvalue weighted by atomic mass is 9.99. The van der Waals surface area contributed by atoms with E-state index in [2.05, 4.69) is 40.0 Å². The highest BCUT2D eigenvalue weighted by Gasteiger charge is 2.31. The Morgan fingerprint density at radius 2 is 2.05 bits per heavy atom. The molecule has 3 nitrogen and oxygen atoms in total. The number of halogens is 1. The van der Waals surface area contributed by atoms with Gasteiger partial charge < -0.3 is 4.90 Å². The van der Waals surface area contributed by atoms with E-state index in [9.17, 15) is 4.79 Å². The van der Waals surface area contributed by atoms with Crippen molar-refractivity contribution in [1.29, 1.82) is 0 Å². The van der Waals surface area contributed by atoms with E-state index in [1.165, 1.54) is 11.1 Å². The third kappa shape index (κ3) is 2.86. The first-order valence-corrected chi connectivity index (χ1v) is 7.95. The molecule has 1 atom stereocenters. The van der Waals surface area contributed by atoms with Crippen LogP contribution in [0.15, 0.2) is 47.1 Å². The second-order valence-corrected chi connectivity index (χ2v) is 6.17. The number of nitrogens with zero attached hydrogens (tertiary/aromatic N) is 2. The van der Waals surface area contributed by atoms with Crippen LogP contribution in [0.4, 0.5) is 0 Å². The van der Waals surface area contributed by atoms with Gasteiger partial charge >= 0.3 is 0 Å². The third-order valence-electron chi connectivity index (χ3n) is 4.00. The Balaban J connectivity index is 1.91. The molecule has 0 saturated carbocycles. The summed E-state index contributed by atoms with van der Waals surface area (Å²) in [6.45, 7) is 2.90. The zero-order valence-corrected chi connectivity index (χ0v) is 13.5. The first-order valence-electron chi connectivity index (χ1n) is 7.16. The van der Waals surface area contributed by atoms with Crippen LogP contribution in [-0.2, 0) is 0 Å². The highest BCUT2D eigenvalue weighted by atomic mass is 79.9. The number of carbonyl (C=O) groups excluding carboxylic acids is 1. The Kier molecular flexibility index (Phi) is 4.06. The van der Waals surface area contributed by atoms with Gasteiger partial charge in [-0.25, -0.2) is 4.98 Å². The molecule has 0 spiro atoms. The highest BCUT2D eigenvalue weighted by molar-refractivity contribution is 9.10. The molecule has 0 radical (unpaired) electrons. The summed E-state index contributed by atoms with van der Waals surface area (Å²) in [6.07, 6.45) is 2.06. The number of carbonyl (C=O) groups is 1. The average molecular weight is 345 g/mol. The summed E-state index contributed by atoms with van der Waals surface area (Å²) >= 11 is 3.33. The molecule has 4 heteroatoms. The lowest BCUT2D eigenvalue weighted by molar-refractivity contribution is 0.0729. The minimum atomic E-state index is 0.0158. The van der Waals surface area contributed by atoms with Crippen molar-refractivity contribution in [2.75, 3.05) is 6.54 Å². The number of hydrogen-bond acceptors (Lipinski definition) is 2. The standard InChI is InChI=1S/C17H17BrN2O/c1-12-6-2-3-7-13(12)15-9-5-11-20(15)17(21)14-8-4-10-16(18)19-14/h2-4,6-8,10,15H,5,9,11H2,1H3. The van der Waals surface area contributed by atoms with E-state index >= 15 is 0 Å². The molecule has 0 N–H and O–H groups in total. The maximum Gasteiger partial charge on any atom is 0.273 e. The van der Waals surface area contributed by atoms with E-state index < -0.39 is 0 Å². The summed E-state index contributed by atoms with van der Waals surface area (Å²) in [5.74, 6) is 0.0158. The van der Waals surface area contributed by atoms with Crippen molar-refractivity contribution in [2.45, 2.75) is 25.8 Å². The lowest BCUT2D eigenvalue weighted by Gasteiger charge is -2.26. The number of amides is 1. The molecule has 108 valence electrons. The van der Waals surface area contributed by atoms with Gasteiger partial charge in [-0.1, -0.05) is 30.3 Å². The molecule has 1 saturated heterocycles. The molecular formula is C17H17BrN2O. The van der Waals surface area contributed by atoms with Gasteiger partial charge in [-0.15, -0.1) is 0 Å². The van der Waals surface area contributed by atoms with Gasteiger partial charge in [0.1, 0.15) is 10.3 Å². The molecule has 0 bridgehead atoms. The molecule has 1 aliphatic rings. The van der Waals surface area contributed by atoms with Gasteiger partial charge in [-0.2, -0.15) is 0 Å². The Labute approximate surface area is 133 Å². The zero-order chi connectivity index (χ0) is 14.8. The monoisotopic (exact) mass is 344 g/mol. The predicted molar refractivity (Wildman–Crippen MR) is 86.1 cm³/mol. The predicted octanol–water partition coefficient (Wildman–Crippen LogP) is 4.13. The second kappa shape index (κ2) is 5.98. The van der Waals surface area contributed by atoms with E-state index in [1.54, 1.807) is 6.07 Å². The summed E-state index contributed by atoms with van der Waals surface area (Å²) < 4.78 is 0.694. The molecule has 1 aromatic heterocycles. The van der Waals surface area contributed by atoms with Gasteiger partial charge in [0.05, 0.1) is 6.04 Å². The number of benzene rings is 1. The summed E-state index contributed by atoms with van der Waals surface area (Å²) in [5.41, 5.74) is 2.99. The Morgan fingerprint density at radius 1 is 1.24 bits per heavy atom. The van der Waals surface area contributed by atoms with E-state index in [1.807, 2.05) is 29.2 Å². The SMILES string of the molecule is Cc1ccccc1C1CCCN1C(=O)c1cccc(Br)n1. The molecule has 3 rings (SSSR count). The van der Waals surface area contributed by atoms with E-state index in [4.69, 9.17) is 0 Å². The van der Waals surface area contributed by atoms with E-state index in [0.717, 1.165) is 19.4 Å². The van der Waals surface area contributed by atoms with Gasteiger partial charge in [-0.05, 0) is 59.0 Å². The van der Waals surface area contributed by atoms with Gasteiger partial charge in [-0.3, -0.25) is 4.79 Å². The van der Waals surface area contributed by atoms with Crippen LogP contribution in [0.25, 0.3) is 0 Å². The van der Waals surface area contributed by atoms with Crippen LogP contribution < -0.4 is 0 Å². The van der Waals surface area contributed by atoms with Crippen molar-refractivity contribution in [3.05, 3.63) is 63.9 Å². The normalized spacial score (nSPS) is 18.0. The maximum absolute atomic E-state index is 12.7. The van der Waals surface area contributed by atoms with Crippen molar-refractivity contribution in [3.63, 3.8) is 0 Å². The molecule has 1 fully saturated rings. The molecule has 0 aliphatic carbocycles. The average Bonchev–Trinajstić information content (AvgIpc) is 2.96. The van der Waals surface area contributed by atoms with Crippen LogP contribution in [0.2, 0.25) is 0 Å². The summed E-state index contributed by atoms with van der Waals surface area (Å²) in [4.78, 5) is 19.0. The first kappa shape index (κ1) is 14.3. The number of pyridine rings is 1. The third-order valence-corrected chi connectivity index (χ3v) is 4.44. The van der Waals surface area contributed by atoms with Gasteiger partial charge in [0.2, 0.25) is 0 Å². The van der Waals surface area contributed by atoms with Crippen LogP contribution in [0, 0.1) is 6.92 Å². The van der Waals surface area contributed by atoms with Gasteiger partial charge in [0.25, 0.3) is 5.91 Å². The fourth-order valence-electron chi connectivity index (χ4n) is 2.97. The molecule has 2 aromatic rings. The summed E-state index contributed by atoms with van der Waals surface area (Å²) in [7, 11) is 0. The molecule has 1 amide bonds.